The molecule has 6 rings (SSSR count). The molecule has 5 aromatic rings. The number of nitrogens with one attached hydrogen (secondary N) is 2. The maximum atomic E-state index is 13.5. The lowest BCUT2D eigenvalue weighted by Gasteiger charge is -2.27. The van der Waals surface area contributed by atoms with Crippen LogP contribution in [-0.2, 0) is 4.79 Å². The van der Waals surface area contributed by atoms with Gasteiger partial charge in [0.05, 0.1) is 23.2 Å². The Morgan fingerprint density at radius 1 is 0.971 bits per heavy atom. The molecule has 170 valence electrons. The maximum absolute atomic E-state index is 13.5. The zero-order chi connectivity index (χ0) is 23.8. The van der Waals surface area contributed by atoms with Gasteiger partial charge in [-0.25, -0.2) is 4.68 Å². The molecule has 8 nitrogen and oxygen atoms in total. The van der Waals surface area contributed by atoms with E-state index in [2.05, 4.69) is 38.8 Å². The summed E-state index contributed by atoms with van der Waals surface area (Å²) in [4.78, 5) is 27.0. The summed E-state index contributed by atoms with van der Waals surface area (Å²) in [6, 6.07) is 22.9. The monoisotopic (exact) mass is 459 g/mol. The molecule has 3 aromatic heterocycles. The number of carbonyl (C=O) groups is 1. The lowest BCUT2D eigenvalue weighted by atomic mass is 9.98. The van der Waals surface area contributed by atoms with Crippen LogP contribution in [0.4, 0.5) is 11.6 Å². The Balaban J connectivity index is 1.47. The van der Waals surface area contributed by atoms with Crippen LogP contribution in [0.15, 0.2) is 103 Å². The van der Waals surface area contributed by atoms with E-state index in [0.29, 0.717) is 34.4 Å². The molecule has 0 spiro atoms. The molecule has 2 aromatic carbocycles. The standard InChI is InChI=1S/C27H21N7O/c1-17-23(26(35)31-19-10-7-14-28-16-19)24(22-13-4-5-15-29-22)34-27(30-17)32-25(33-34)21-12-6-9-18-8-2-3-11-20(18)21/h2-16,24H,1H3,(H,31,35)(H,30,32,33). The van der Waals surface area contributed by atoms with Gasteiger partial charge in [0.25, 0.3) is 5.91 Å². The van der Waals surface area contributed by atoms with E-state index in [-0.39, 0.29) is 5.91 Å². The van der Waals surface area contributed by atoms with E-state index < -0.39 is 6.04 Å². The van der Waals surface area contributed by atoms with Crippen molar-refractivity contribution in [3.05, 3.63) is 108 Å². The predicted octanol–water partition coefficient (Wildman–Crippen LogP) is 4.82. The molecule has 1 aliphatic heterocycles. The SMILES string of the molecule is CC1=C(C(=O)Nc2cccnc2)C(c2ccccn2)n2nc(-c3cccc4ccccc34)nc2N1. The van der Waals surface area contributed by atoms with Crippen LogP contribution in [0.25, 0.3) is 22.2 Å². The molecule has 1 unspecified atom stereocenters. The van der Waals surface area contributed by atoms with Crippen molar-refractivity contribution in [2.75, 3.05) is 10.6 Å². The summed E-state index contributed by atoms with van der Waals surface area (Å²) >= 11 is 0. The summed E-state index contributed by atoms with van der Waals surface area (Å²) in [5.41, 5.74) is 3.42. The third-order valence-corrected chi connectivity index (χ3v) is 6.02. The molecule has 8 heteroatoms. The van der Waals surface area contributed by atoms with Crippen LogP contribution >= 0.6 is 0 Å². The van der Waals surface area contributed by atoms with E-state index in [9.17, 15) is 4.79 Å². The van der Waals surface area contributed by atoms with Crippen molar-refractivity contribution in [3.63, 3.8) is 0 Å². The van der Waals surface area contributed by atoms with Crippen LogP contribution in [0, 0.1) is 0 Å². The molecule has 0 aliphatic carbocycles. The lowest BCUT2D eigenvalue weighted by molar-refractivity contribution is -0.113. The third kappa shape index (κ3) is 3.71. The van der Waals surface area contributed by atoms with Gasteiger partial charge in [0.15, 0.2) is 5.82 Å². The minimum Gasteiger partial charge on any atom is -0.328 e. The van der Waals surface area contributed by atoms with E-state index in [1.165, 1.54) is 0 Å². The van der Waals surface area contributed by atoms with Crippen LogP contribution < -0.4 is 10.6 Å². The summed E-state index contributed by atoms with van der Waals surface area (Å²) in [6.45, 7) is 1.86. The van der Waals surface area contributed by atoms with Gasteiger partial charge in [0.2, 0.25) is 5.95 Å². The minimum atomic E-state index is -0.555. The summed E-state index contributed by atoms with van der Waals surface area (Å²) in [5, 5.41) is 13.3. The number of amides is 1. The van der Waals surface area contributed by atoms with Gasteiger partial charge in [-0.1, -0.05) is 48.5 Å². The molecule has 0 saturated heterocycles. The molecular weight excluding hydrogens is 438 g/mol. The zero-order valence-electron chi connectivity index (χ0n) is 18.9. The Kier molecular flexibility index (Phi) is 5.03. The first-order chi connectivity index (χ1) is 17.2. The van der Waals surface area contributed by atoms with Crippen LogP contribution in [0.1, 0.15) is 18.7 Å². The number of pyridine rings is 2. The first-order valence-electron chi connectivity index (χ1n) is 11.2. The van der Waals surface area contributed by atoms with Crippen molar-refractivity contribution >= 4 is 28.3 Å². The number of hydrogen-bond donors (Lipinski definition) is 2. The van der Waals surface area contributed by atoms with Gasteiger partial charge in [-0.15, -0.1) is 5.10 Å². The van der Waals surface area contributed by atoms with Gasteiger partial charge in [0, 0.05) is 23.7 Å². The molecule has 1 atom stereocenters. The fourth-order valence-electron chi connectivity index (χ4n) is 4.43. The first kappa shape index (κ1) is 20.7. The van der Waals surface area contributed by atoms with E-state index in [4.69, 9.17) is 10.1 Å². The normalized spacial score (nSPS) is 14.9. The van der Waals surface area contributed by atoms with Crippen molar-refractivity contribution in [1.29, 1.82) is 0 Å². The minimum absolute atomic E-state index is 0.258. The summed E-state index contributed by atoms with van der Waals surface area (Å²) < 4.78 is 1.74. The molecule has 4 heterocycles. The van der Waals surface area contributed by atoms with Gasteiger partial charge in [-0.05, 0) is 42.0 Å². The van der Waals surface area contributed by atoms with Gasteiger partial charge < -0.3 is 10.6 Å². The van der Waals surface area contributed by atoms with Crippen LogP contribution in [0.3, 0.4) is 0 Å². The molecule has 2 N–H and O–H groups in total. The van der Waals surface area contributed by atoms with Crippen LogP contribution in [-0.4, -0.2) is 30.6 Å². The number of hydrogen-bond acceptors (Lipinski definition) is 6. The van der Waals surface area contributed by atoms with Crippen molar-refractivity contribution in [1.82, 2.24) is 24.7 Å². The molecule has 0 bridgehead atoms. The van der Waals surface area contributed by atoms with Crippen molar-refractivity contribution < 1.29 is 4.79 Å². The van der Waals surface area contributed by atoms with Gasteiger partial charge in [-0.2, -0.15) is 4.98 Å². The quantitative estimate of drug-likeness (QED) is 0.400. The van der Waals surface area contributed by atoms with E-state index in [0.717, 1.165) is 16.3 Å². The number of benzene rings is 2. The van der Waals surface area contributed by atoms with Crippen LogP contribution in [0.2, 0.25) is 0 Å². The molecule has 0 radical (unpaired) electrons. The maximum Gasteiger partial charge on any atom is 0.255 e. The zero-order valence-corrected chi connectivity index (χ0v) is 18.9. The number of carbonyl (C=O) groups excluding carboxylic acids is 1. The largest absolute Gasteiger partial charge is 0.328 e. The number of rotatable bonds is 4. The van der Waals surface area contributed by atoms with Crippen LogP contribution in [0.5, 0.6) is 0 Å². The fraction of sp³-hybridized carbons (Fsp3) is 0.0741. The highest BCUT2D eigenvalue weighted by Crippen LogP contribution is 2.37. The number of aromatic nitrogens is 5. The Morgan fingerprint density at radius 2 is 1.83 bits per heavy atom. The molecular formula is C27H21N7O. The first-order valence-corrected chi connectivity index (χ1v) is 11.2. The average Bonchev–Trinajstić information content (AvgIpc) is 3.32. The highest BCUT2D eigenvalue weighted by Gasteiger charge is 2.35. The molecule has 35 heavy (non-hydrogen) atoms. The molecule has 0 saturated carbocycles. The Morgan fingerprint density at radius 3 is 2.66 bits per heavy atom. The summed E-state index contributed by atoms with van der Waals surface area (Å²) in [5.74, 6) is 0.873. The van der Waals surface area contributed by atoms with E-state index in [1.54, 1.807) is 35.4 Å². The highest BCUT2D eigenvalue weighted by atomic mass is 16.1. The second-order valence-electron chi connectivity index (χ2n) is 8.25. The predicted molar refractivity (Wildman–Crippen MR) is 135 cm³/mol. The Hall–Kier alpha value is -4.85. The number of fused-ring (bicyclic) bond motifs is 2. The topological polar surface area (TPSA) is 97.6 Å². The highest BCUT2D eigenvalue weighted by molar-refractivity contribution is 6.06. The number of anilines is 2. The van der Waals surface area contributed by atoms with Gasteiger partial charge in [0.1, 0.15) is 6.04 Å². The second kappa shape index (κ2) is 8.49. The Bertz CT molecular complexity index is 1570. The average molecular weight is 460 g/mol. The molecule has 0 fully saturated rings. The summed E-state index contributed by atoms with van der Waals surface area (Å²) in [6.07, 6.45) is 4.99. The van der Waals surface area contributed by atoms with Gasteiger partial charge in [-0.3, -0.25) is 14.8 Å². The lowest BCUT2D eigenvalue weighted by Crippen LogP contribution is -2.32. The molecule has 1 amide bonds. The van der Waals surface area contributed by atoms with Gasteiger partial charge >= 0.3 is 0 Å². The van der Waals surface area contributed by atoms with Crippen molar-refractivity contribution in [3.8, 4) is 11.4 Å². The summed E-state index contributed by atoms with van der Waals surface area (Å²) in [7, 11) is 0. The number of allylic oxidation sites excluding steroid dienone is 1. The third-order valence-electron chi connectivity index (χ3n) is 6.02. The Labute approximate surface area is 201 Å². The van der Waals surface area contributed by atoms with E-state index >= 15 is 0 Å². The fourth-order valence-corrected chi connectivity index (χ4v) is 4.43. The van der Waals surface area contributed by atoms with Crippen molar-refractivity contribution in [2.45, 2.75) is 13.0 Å². The van der Waals surface area contributed by atoms with E-state index in [1.807, 2.05) is 49.4 Å². The molecule has 1 aliphatic rings. The number of nitrogens with zero attached hydrogens (tertiary/aromatic N) is 5. The smallest absolute Gasteiger partial charge is 0.255 e. The van der Waals surface area contributed by atoms with Crippen molar-refractivity contribution in [2.24, 2.45) is 0 Å². The second-order valence-corrected chi connectivity index (χ2v) is 8.25.